The van der Waals surface area contributed by atoms with Gasteiger partial charge in [-0.25, -0.2) is 4.98 Å². The van der Waals surface area contributed by atoms with Crippen molar-refractivity contribution in [3.8, 4) is 0 Å². The van der Waals surface area contributed by atoms with Crippen LogP contribution in [0.1, 0.15) is 37.3 Å². The molecule has 0 N–H and O–H groups in total. The van der Waals surface area contributed by atoms with Crippen LogP contribution < -0.4 is 4.90 Å². The monoisotopic (exact) mass is 449 g/mol. The van der Waals surface area contributed by atoms with Crippen molar-refractivity contribution in [1.82, 2.24) is 9.97 Å². The smallest absolute Gasteiger partial charge is 0.305 e. The molecule has 3 aromatic rings. The zero-order valence-electron chi connectivity index (χ0n) is 17.8. The number of nitrogens with zero attached hydrogens (tertiary/aromatic N) is 3. The van der Waals surface area contributed by atoms with Gasteiger partial charge in [0, 0.05) is 35.6 Å². The number of carbonyl (C=O) groups is 2. The number of amides is 1. The summed E-state index contributed by atoms with van der Waals surface area (Å²) in [5.41, 5.74) is 1.72. The molecule has 2 aromatic heterocycles. The Bertz CT molecular complexity index is 1100. The van der Waals surface area contributed by atoms with Gasteiger partial charge in [0.25, 0.3) is 0 Å². The molecule has 1 unspecified atom stereocenters. The highest BCUT2D eigenvalue weighted by Crippen LogP contribution is 2.48. The molecule has 0 saturated heterocycles. The van der Waals surface area contributed by atoms with Gasteiger partial charge in [0.05, 0.1) is 17.7 Å². The molecule has 0 fully saturated rings. The second-order valence-electron chi connectivity index (χ2n) is 7.76. The van der Waals surface area contributed by atoms with Gasteiger partial charge in [0.2, 0.25) is 5.91 Å². The Balaban J connectivity index is 1.76. The van der Waals surface area contributed by atoms with E-state index >= 15 is 0 Å². The Morgan fingerprint density at radius 2 is 1.84 bits per heavy atom. The molecule has 1 aliphatic rings. The van der Waals surface area contributed by atoms with Crippen molar-refractivity contribution in [2.24, 2.45) is 0 Å². The third kappa shape index (κ3) is 4.23. The molecule has 0 saturated carbocycles. The summed E-state index contributed by atoms with van der Waals surface area (Å²) in [5, 5.41) is 0.596. The zero-order chi connectivity index (χ0) is 22.6. The first-order valence-corrected chi connectivity index (χ1v) is 11.0. The molecule has 6 nitrogen and oxygen atoms in total. The van der Waals surface area contributed by atoms with Crippen LogP contribution in [0.2, 0.25) is 5.02 Å². The van der Waals surface area contributed by atoms with Crippen LogP contribution in [0.3, 0.4) is 0 Å². The van der Waals surface area contributed by atoms with E-state index in [0.717, 1.165) is 11.1 Å². The third-order valence-electron chi connectivity index (χ3n) is 5.76. The Labute approximate surface area is 192 Å². The molecule has 1 aliphatic heterocycles. The minimum Gasteiger partial charge on any atom is -0.466 e. The predicted molar refractivity (Wildman–Crippen MR) is 123 cm³/mol. The molecule has 1 atom stereocenters. The van der Waals surface area contributed by atoms with Crippen LogP contribution in [0.15, 0.2) is 67.1 Å². The topological polar surface area (TPSA) is 72.4 Å². The highest BCUT2D eigenvalue weighted by Gasteiger charge is 2.51. The van der Waals surface area contributed by atoms with Gasteiger partial charge in [-0.05, 0) is 74.2 Å². The Hall–Kier alpha value is -3.25. The molecule has 0 aliphatic carbocycles. The standard InChI is InChI=1S/C25H24ClN3O3/c1-2-32-22(30)6-3-13-25(17-18-11-15-27-16-12-18)21-5-4-14-28-23(21)29(24(25)31)20-9-7-19(26)8-10-20/h4-5,7-12,14-16H,2-3,6,13,17H2,1H3. The van der Waals surface area contributed by atoms with Crippen molar-refractivity contribution in [3.05, 3.63) is 83.3 Å². The molecule has 1 aromatic carbocycles. The van der Waals surface area contributed by atoms with Gasteiger partial charge in [0.1, 0.15) is 5.82 Å². The summed E-state index contributed by atoms with van der Waals surface area (Å²) >= 11 is 6.07. The molecule has 7 heteroatoms. The van der Waals surface area contributed by atoms with E-state index in [4.69, 9.17) is 16.3 Å². The fourth-order valence-corrected chi connectivity index (χ4v) is 4.45. The van der Waals surface area contributed by atoms with Crippen molar-refractivity contribution in [2.45, 2.75) is 38.0 Å². The van der Waals surface area contributed by atoms with Crippen LogP contribution in [0.4, 0.5) is 11.5 Å². The highest BCUT2D eigenvalue weighted by molar-refractivity contribution is 6.30. The molecular weight excluding hydrogens is 426 g/mol. The Morgan fingerprint density at radius 3 is 2.56 bits per heavy atom. The van der Waals surface area contributed by atoms with Gasteiger partial charge in [-0.2, -0.15) is 0 Å². The summed E-state index contributed by atoms with van der Waals surface area (Å²) in [5.74, 6) is 0.303. The van der Waals surface area contributed by atoms with E-state index in [9.17, 15) is 9.59 Å². The first-order valence-electron chi connectivity index (χ1n) is 10.7. The van der Waals surface area contributed by atoms with E-state index < -0.39 is 5.41 Å². The first kappa shape index (κ1) is 22.0. The molecule has 0 radical (unpaired) electrons. The number of aromatic nitrogens is 2. The summed E-state index contributed by atoms with van der Waals surface area (Å²) in [6.07, 6.45) is 6.91. The second-order valence-corrected chi connectivity index (χ2v) is 8.20. The van der Waals surface area contributed by atoms with Crippen LogP contribution in [-0.4, -0.2) is 28.5 Å². The van der Waals surface area contributed by atoms with Crippen LogP contribution in [0.25, 0.3) is 0 Å². The fourth-order valence-electron chi connectivity index (χ4n) is 4.32. The van der Waals surface area contributed by atoms with Crippen molar-refractivity contribution >= 4 is 35.0 Å². The minimum atomic E-state index is -0.850. The normalized spacial score (nSPS) is 17.3. The number of ether oxygens (including phenoxy) is 1. The number of fused-ring (bicyclic) bond motifs is 1. The predicted octanol–water partition coefficient (Wildman–Crippen LogP) is 5.02. The molecule has 0 spiro atoms. The van der Waals surface area contributed by atoms with Crippen molar-refractivity contribution in [2.75, 3.05) is 11.5 Å². The lowest BCUT2D eigenvalue weighted by atomic mass is 9.73. The number of benzene rings is 1. The van der Waals surface area contributed by atoms with E-state index in [1.54, 1.807) is 42.5 Å². The Morgan fingerprint density at radius 1 is 1.09 bits per heavy atom. The molecule has 4 rings (SSSR count). The molecule has 3 heterocycles. The van der Waals surface area contributed by atoms with Gasteiger partial charge < -0.3 is 4.74 Å². The number of rotatable bonds is 8. The lowest BCUT2D eigenvalue weighted by Crippen LogP contribution is -2.40. The molecule has 164 valence electrons. The van der Waals surface area contributed by atoms with Crippen molar-refractivity contribution in [3.63, 3.8) is 0 Å². The summed E-state index contributed by atoms with van der Waals surface area (Å²) in [7, 11) is 0. The Kier molecular flexibility index (Phi) is 6.51. The number of carbonyl (C=O) groups excluding carboxylic acids is 2. The number of hydrogen-bond donors (Lipinski definition) is 0. The maximum atomic E-state index is 14.1. The van der Waals surface area contributed by atoms with Gasteiger partial charge in [-0.1, -0.05) is 17.7 Å². The minimum absolute atomic E-state index is 0.0609. The lowest BCUT2D eigenvalue weighted by Gasteiger charge is -2.29. The van der Waals surface area contributed by atoms with Crippen LogP contribution in [0.5, 0.6) is 0 Å². The second kappa shape index (κ2) is 9.49. The fraction of sp³-hybridized carbons (Fsp3) is 0.280. The SMILES string of the molecule is CCOC(=O)CCCC1(Cc2ccncc2)C(=O)N(c2ccc(Cl)cc2)c2ncccc21. The summed E-state index contributed by atoms with van der Waals surface area (Å²) in [6.45, 7) is 2.13. The maximum Gasteiger partial charge on any atom is 0.305 e. The van der Waals surface area contributed by atoms with E-state index in [0.29, 0.717) is 42.4 Å². The van der Waals surface area contributed by atoms with Crippen molar-refractivity contribution < 1.29 is 14.3 Å². The third-order valence-corrected chi connectivity index (χ3v) is 6.01. The molecule has 1 amide bonds. The number of halogens is 1. The number of pyridine rings is 2. The van der Waals surface area contributed by atoms with E-state index in [1.807, 2.05) is 36.4 Å². The van der Waals surface area contributed by atoms with E-state index in [1.165, 1.54) is 0 Å². The van der Waals surface area contributed by atoms with Crippen LogP contribution in [0, 0.1) is 0 Å². The number of anilines is 2. The van der Waals surface area contributed by atoms with Crippen LogP contribution in [-0.2, 0) is 26.2 Å². The summed E-state index contributed by atoms with van der Waals surface area (Å²) in [4.78, 5) is 36.4. The highest BCUT2D eigenvalue weighted by atomic mass is 35.5. The maximum absolute atomic E-state index is 14.1. The van der Waals surface area contributed by atoms with Gasteiger partial charge in [0.15, 0.2) is 0 Å². The zero-order valence-corrected chi connectivity index (χ0v) is 18.6. The van der Waals surface area contributed by atoms with Crippen molar-refractivity contribution in [1.29, 1.82) is 0 Å². The molecule has 0 bridgehead atoms. The van der Waals surface area contributed by atoms with E-state index in [-0.39, 0.29) is 18.3 Å². The number of hydrogen-bond acceptors (Lipinski definition) is 5. The first-order chi connectivity index (χ1) is 15.5. The summed E-state index contributed by atoms with van der Waals surface area (Å²) in [6, 6.07) is 14.8. The average molecular weight is 450 g/mol. The molecular formula is C25H24ClN3O3. The number of esters is 1. The quantitative estimate of drug-likeness (QED) is 0.451. The summed E-state index contributed by atoms with van der Waals surface area (Å²) < 4.78 is 5.09. The molecule has 32 heavy (non-hydrogen) atoms. The van der Waals surface area contributed by atoms with Gasteiger partial charge in [-0.15, -0.1) is 0 Å². The largest absolute Gasteiger partial charge is 0.466 e. The lowest BCUT2D eigenvalue weighted by molar-refractivity contribution is -0.143. The van der Waals surface area contributed by atoms with Gasteiger partial charge >= 0.3 is 5.97 Å². The van der Waals surface area contributed by atoms with E-state index in [2.05, 4.69) is 9.97 Å². The van der Waals surface area contributed by atoms with Gasteiger partial charge in [-0.3, -0.25) is 19.5 Å². The van der Waals surface area contributed by atoms with Crippen LogP contribution >= 0.6 is 11.6 Å². The average Bonchev–Trinajstić information content (AvgIpc) is 3.03.